The highest BCUT2D eigenvalue weighted by Crippen LogP contribution is 2.45. The summed E-state index contributed by atoms with van der Waals surface area (Å²) in [6.45, 7) is 10.0. The van der Waals surface area contributed by atoms with Gasteiger partial charge in [-0.25, -0.2) is 4.99 Å². The molecule has 2 N–H and O–H groups in total. The van der Waals surface area contributed by atoms with Gasteiger partial charge in [0.2, 0.25) is 5.91 Å². The molecular weight excluding hydrogens is 288 g/mol. The second kappa shape index (κ2) is 9.14. The smallest absolute Gasteiger partial charge is 0.243 e. The van der Waals surface area contributed by atoms with E-state index < -0.39 is 0 Å². The van der Waals surface area contributed by atoms with Crippen molar-refractivity contribution in [1.82, 2.24) is 15.5 Å². The summed E-state index contributed by atoms with van der Waals surface area (Å²) in [4.78, 5) is 17.8. The van der Waals surface area contributed by atoms with Crippen LogP contribution in [0.5, 0.6) is 0 Å². The normalized spacial score (nSPS) is 18.3. The van der Waals surface area contributed by atoms with Gasteiger partial charge in [-0.1, -0.05) is 27.2 Å². The second-order valence-electron chi connectivity index (χ2n) is 7.71. The average molecular weight is 325 g/mol. The summed E-state index contributed by atoms with van der Waals surface area (Å²) in [6.07, 6.45) is 6.21. The zero-order chi connectivity index (χ0) is 17.5. The van der Waals surface area contributed by atoms with E-state index >= 15 is 0 Å². The molecule has 1 aliphatic rings. The minimum atomic E-state index is 0.0239. The third-order valence-corrected chi connectivity index (χ3v) is 4.75. The van der Waals surface area contributed by atoms with Crippen molar-refractivity contribution < 1.29 is 4.79 Å². The Kier molecular flexibility index (Phi) is 7.86. The van der Waals surface area contributed by atoms with Gasteiger partial charge in [0.25, 0.3) is 0 Å². The Hall–Kier alpha value is -1.26. The van der Waals surface area contributed by atoms with E-state index in [1.54, 1.807) is 19.0 Å². The molecule has 1 saturated carbocycles. The lowest BCUT2D eigenvalue weighted by molar-refractivity contribution is -0.127. The minimum Gasteiger partial charge on any atom is -0.356 e. The number of rotatable bonds is 8. The van der Waals surface area contributed by atoms with E-state index in [9.17, 15) is 4.79 Å². The maximum atomic E-state index is 11.8. The first-order valence-electron chi connectivity index (χ1n) is 9.03. The van der Waals surface area contributed by atoms with Crippen molar-refractivity contribution in [2.24, 2.45) is 16.3 Å². The number of hydrogen-bond acceptors (Lipinski definition) is 2. The molecule has 1 rings (SSSR count). The molecule has 0 aromatic rings. The van der Waals surface area contributed by atoms with Gasteiger partial charge in [0.15, 0.2) is 5.96 Å². The molecule has 1 aliphatic carbocycles. The average Bonchev–Trinajstić information content (AvgIpc) is 2.45. The highest BCUT2D eigenvalue weighted by molar-refractivity contribution is 5.84. The van der Waals surface area contributed by atoms with Crippen LogP contribution in [0.2, 0.25) is 0 Å². The molecule has 0 bridgehead atoms. The van der Waals surface area contributed by atoms with E-state index in [0.29, 0.717) is 11.5 Å². The Bertz CT molecular complexity index is 400. The number of carbonyl (C=O) groups is 1. The van der Waals surface area contributed by atoms with Gasteiger partial charge in [0, 0.05) is 26.7 Å². The Morgan fingerprint density at radius 3 is 2.35 bits per heavy atom. The van der Waals surface area contributed by atoms with Crippen LogP contribution < -0.4 is 10.6 Å². The van der Waals surface area contributed by atoms with Crippen molar-refractivity contribution in [3.8, 4) is 0 Å². The van der Waals surface area contributed by atoms with Crippen LogP contribution in [-0.2, 0) is 4.79 Å². The van der Waals surface area contributed by atoms with Crippen LogP contribution in [0.1, 0.15) is 59.8 Å². The van der Waals surface area contributed by atoms with E-state index in [-0.39, 0.29) is 12.5 Å². The van der Waals surface area contributed by atoms with Crippen molar-refractivity contribution in [3.05, 3.63) is 0 Å². The summed E-state index contributed by atoms with van der Waals surface area (Å²) < 4.78 is 0. The molecule has 1 amide bonds. The lowest BCUT2D eigenvalue weighted by Crippen LogP contribution is -2.49. The van der Waals surface area contributed by atoms with Crippen molar-refractivity contribution in [1.29, 1.82) is 0 Å². The molecule has 0 radical (unpaired) electrons. The molecule has 5 heteroatoms. The molecular formula is C18H36N4O. The summed E-state index contributed by atoms with van der Waals surface area (Å²) in [5.41, 5.74) is 0.414. The third-order valence-electron chi connectivity index (χ3n) is 4.75. The van der Waals surface area contributed by atoms with Crippen LogP contribution in [-0.4, -0.2) is 50.0 Å². The van der Waals surface area contributed by atoms with Gasteiger partial charge < -0.3 is 15.5 Å². The molecule has 1 fully saturated rings. The van der Waals surface area contributed by atoms with Crippen molar-refractivity contribution in [2.75, 3.05) is 27.2 Å². The van der Waals surface area contributed by atoms with Gasteiger partial charge in [-0.15, -0.1) is 0 Å². The molecule has 0 aromatic carbocycles. The molecule has 0 aliphatic heterocycles. The van der Waals surface area contributed by atoms with Crippen LogP contribution in [0.25, 0.3) is 0 Å². The highest BCUT2D eigenvalue weighted by Gasteiger charge is 2.37. The fourth-order valence-corrected chi connectivity index (χ4v) is 3.04. The fraction of sp³-hybridized carbons (Fsp3) is 0.889. The van der Waals surface area contributed by atoms with E-state index in [2.05, 4.69) is 43.3 Å². The molecule has 0 heterocycles. The SMILES string of the molecule is CCC(C)NC(=NCC(=O)N(C)C)NCC1(CC(C)C)CCC1. The Morgan fingerprint density at radius 1 is 1.26 bits per heavy atom. The number of amides is 1. The molecule has 1 unspecified atom stereocenters. The molecule has 5 nitrogen and oxygen atoms in total. The standard InChI is InChI=1S/C18H36N4O/c1-7-15(4)21-17(19-12-16(23)22(5)6)20-13-18(9-8-10-18)11-14(2)3/h14-15H,7-13H2,1-6H3,(H2,19,20,21). The molecule has 1 atom stereocenters. The van der Waals surface area contributed by atoms with E-state index in [4.69, 9.17) is 0 Å². The Balaban J connectivity index is 2.64. The number of guanidine groups is 1. The predicted octanol–water partition coefficient (Wildman–Crippen LogP) is 2.62. The lowest BCUT2D eigenvalue weighted by Gasteiger charge is -2.43. The van der Waals surface area contributed by atoms with Crippen LogP contribution >= 0.6 is 0 Å². The lowest BCUT2D eigenvalue weighted by atomic mass is 9.64. The zero-order valence-corrected chi connectivity index (χ0v) is 15.9. The van der Waals surface area contributed by atoms with Gasteiger partial charge in [-0.3, -0.25) is 4.79 Å². The van der Waals surface area contributed by atoms with Crippen LogP contribution in [0.4, 0.5) is 0 Å². The van der Waals surface area contributed by atoms with Gasteiger partial charge >= 0.3 is 0 Å². The molecule has 0 spiro atoms. The summed E-state index contributed by atoms with van der Waals surface area (Å²) >= 11 is 0. The van der Waals surface area contributed by atoms with Crippen molar-refractivity contribution >= 4 is 11.9 Å². The topological polar surface area (TPSA) is 56.7 Å². The fourth-order valence-electron chi connectivity index (χ4n) is 3.04. The number of aliphatic imine (C=N–C) groups is 1. The summed E-state index contributed by atoms with van der Waals surface area (Å²) in [5.74, 6) is 1.51. The number of carbonyl (C=O) groups excluding carboxylic acids is 1. The quantitative estimate of drug-likeness (QED) is 0.533. The largest absolute Gasteiger partial charge is 0.356 e. The van der Waals surface area contributed by atoms with E-state index in [1.807, 2.05) is 0 Å². The van der Waals surface area contributed by atoms with E-state index in [1.165, 1.54) is 25.7 Å². The number of hydrogen-bond donors (Lipinski definition) is 2. The summed E-state index contributed by atoms with van der Waals surface area (Å²) in [5, 5.41) is 6.90. The zero-order valence-electron chi connectivity index (χ0n) is 15.9. The number of nitrogens with zero attached hydrogens (tertiary/aromatic N) is 2. The first-order chi connectivity index (χ1) is 10.8. The minimum absolute atomic E-state index is 0.0239. The molecule has 23 heavy (non-hydrogen) atoms. The maximum absolute atomic E-state index is 11.8. The van der Waals surface area contributed by atoms with Gasteiger partial charge in [-0.05, 0) is 43.9 Å². The van der Waals surface area contributed by atoms with E-state index in [0.717, 1.165) is 24.8 Å². The second-order valence-corrected chi connectivity index (χ2v) is 7.71. The monoisotopic (exact) mass is 324 g/mol. The Morgan fingerprint density at radius 2 is 1.91 bits per heavy atom. The third kappa shape index (κ3) is 6.80. The van der Waals surface area contributed by atoms with Gasteiger partial charge in [-0.2, -0.15) is 0 Å². The highest BCUT2D eigenvalue weighted by atomic mass is 16.2. The molecule has 0 aromatic heterocycles. The van der Waals surface area contributed by atoms with Gasteiger partial charge in [0.05, 0.1) is 0 Å². The van der Waals surface area contributed by atoms with Crippen molar-refractivity contribution in [3.63, 3.8) is 0 Å². The summed E-state index contributed by atoms with van der Waals surface area (Å²) in [7, 11) is 3.53. The molecule has 134 valence electrons. The first-order valence-corrected chi connectivity index (χ1v) is 9.03. The van der Waals surface area contributed by atoms with Gasteiger partial charge in [0.1, 0.15) is 6.54 Å². The predicted molar refractivity (Wildman–Crippen MR) is 97.6 cm³/mol. The number of nitrogens with one attached hydrogen (secondary N) is 2. The van der Waals surface area contributed by atoms with Crippen LogP contribution in [0.15, 0.2) is 4.99 Å². The molecule has 0 saturated heterocycles. The van der Waals surface area contributed by atoms with Crippen molar-refractivity contribution in [2.45, 2.75) is 65.8 Å². The first kappa shape index (κ1) is 19.8. The van der Waals surface area contributed by atoms with Crippen LogP contribution in [0.3, 0.4) is 0 Å². The number of likely N-dealkylation sites (N-methyl/N-ethyl adjacent to an activating group) is 1. The summed E-state index contributed by atoms with van der Waals surface area (Å²) in [6, 6.07) is 0.346. The maximum Gasteiger partial charge on any atom is 0.243 e. The Labute approximate surface area is 142 Å². The van der Waals surface area contributed by atoms with Crippen LogP contribution in [0, 0.1) is 11.3 Å².